The quantitative estimate of drug-likeness (QED) is 0.745. The van der Waals surface area contributed by atoms with Crippen molar-refractivity contribution in [2.24, 2.45) is 11.8 Å². The van der Waals surface area contributed by atoms with Crippen molar-refractivity contribution >= 4 is 11.7 Å². The number of Topliss-reactive ketones (excluding diaryl/α,β-unsaturated/α-hetero) is 1. The first-order chi connectivity index (χ1) is 13.0. The zero-order chi connectivity index (χ0) is 19.4. The van der Waals surface area contributed by atoms with Crippen molar-refractivity contribution in [2.45, 2.75) is 45.6 Å². The van der Waals surface area contributed by atoms with Crippen molar-refractivity contribution in [3.8, 4) is 5.75 Å². The van der Waals surface area contributed by atoms with Gasteiger partial charge in [0.15, 0.2) is 5.78 Å². The lowest BCUT2D eigenvalue weighted by atomic mass is 9.88. The first-order valence-corrected chi connectivity index (χ1v) is 10.2. The zero-order valence-electron chi connectivity index (χ0n) is 16.8. The summed E-state index contributed by atoms with van der Waals surface area (Å²) in [6, 6.07) is 7.92. The van der Waals surface area contributed by atoms with Crippen LogP contribution >= 0.6 is 0 Å². The molecule has 0 saturated carbocycles. The van der Waals surface area contributed by atoms with Crippen LogP contribution in [0.4, 0.5) is 0 Å². The maximum Gasteiger partial charge on any atom is 0.225 e. The Kier molecular flexibility index (Phi) is 6.53. The lowest BCUT2D eigenvalue weighted by Crippen LogP contribution is -2.48. The number of carbonyl (C=O) groups excluding carboxylic acids is 2. The number of para-hydroxylation sites is 1. The first kappa shape index (κ1) is 19.9. The standard InChI is InChI=1S/C22H32N2O3/c1-16(2)23-13-10-17(11-14-23)22(26)24-12-6-7-18(15-24)21(25)19-8-4-5-9-20(19)27-3/h4-5,8-9,16-18H,6-7,10-15H2,1-3H3. The molecular weight excluding hydrogens is 340 g/mol. The molecule has 2 heterocycles. The Labute approximate surface area is 162 Å². The van der Waals surface area contributed by atoms with Gasteiger partial charge in [-0.3, -0.25) is 9.59 Å². The highest BCUT2D eigenvalue weighted by atomic mass is 16.5. The van der Waals surface area contributed by atoms with Gasteiger partial charge in [-0.1, -0.05) is 12.1 Å². The van der Waals surface area contributed by atoms with Crippen molar-refractivity contribution in [1.82, 2.24) is 9.80 Å². The molecule has 0 aliphatic carbocycles. The van der Waals surface area contributed by atoms with Crippen LogP contribution in [0.3, 0.4) is 0 Å². The minimum absolute atomic E-state index is 0.0968. The Bertz CT molecular complexity index is 665. The Balaban J connectivity index is 1.62. The second-order valence-electron chi connectivity index (χ2n) is 8.09. The van der Waals surface area contributed by atoms with Gasteiger partial charge in [0.1, 0.15) is 5.75 Å². The van der Waals surface area contributed by atoms with Gasteiger partial charge in [-0.2, -0.15) is 0 Å². The van der Waals surface area contributed by atoms with Crippen molar-refractivity contribution in [2.75, 3.05) is 33.3 Å². The summed E-state index contributed by atoms with van der Waals surface area (Å²) in [6.07, 6.45) is 3.59. The molecule has 0 aromatic heterocycles. The summed E-state index contributed by atoms with van der Waals surface area (Å²) in [6.45, 7) is 7.72. The average molecular weight is 373 g/mol. The van der Waals surface area contributed by atoms with Crippen molar-refractivity contribution in [3.05, 3.63) is 29.8 Å². The van der Waals surface area contributed by atoms with E-state index in [1.54, 1.807) is 7.11 Å². The number of hydrogen-bond donors (Lipinski definition) is 0. The minimum atomic E-state index is -0.130. The molecule has 1 amide bonds. The van der Waals surface area contributed by atoms with Gasteiger partial charge < -0.3 is 14.5 Å². The summed E-state index contributed by atoms with van der Waals surface area (Å²) >= 11 is 0. The third-order valence-electron chi connectivity index (χ3n) is 6.09. The third-order valence-corrected chi connectivity index (χ3v) is 6.09. The molecule has 3 rings (SSSR count). The van der Waals surface area contributed by atoms with Gasteiger partial charge in [0.05, 0.1) is 12.7 Å². The summed E-state index contributed by atoms with van der Waals surface area (Å²) < 4.78 is 5.35. The molecule has 0 N–H and O–H groups in total. The SMILES string of the molecule is COc1ccccc1C(=O)C1CCCN(C(=O)C2CCN(C(C)C)CC2)C1. The van der Waals surface area contributed by atoms with E-state index in [1.807, 2.05) is 29.2 Å². The number of likely N-dealkylation sites (tertiary alicyclic amines) is 2. The van der Waals surface area contributed by atoms with Gasteiger partial charge in [-0.15, -0.1) is 0 Å². The highest BCUT2D eigenvalue weighted by Gasteiger charge is 2.34. The average Bonchev–Trinajstić information content (AvgIpc) is 2.72. The van der Waals surface area contributed by atoms with Crippen LogP contribution in [0.2, 0.25) is 0 Å². The Morgan fingerprint density at radius 2 is 1.74 bits per heavy atom. The molecule has 2 aliphatic heterocycles. The largest absolute Gasteiger partial charge is 0.496 e. The number of benzene rings is 1. The van der Waals surface area contributed by atoms with Crippen LogP contribution in [0.25, 0.3) is 0 Å². The predicted octanol–water partition coefficient (Wildman–Crippen LogP) is 3.24. The molecule has 1 aromatic rings. The van der Waals surface area contributed by atoms with Crippen molar-refractivity contribution in [1.29, 1.82) is 0 Å². The second-order valence-corrected chi connectivity index (χ2v) is 8.09. The van der Waals surface area contributed by atoms with E-state index in [2.05, 4.69) is 18.7 Å². The molecule has 0 bridgehead atoms. The molecule has 1 aromatic carbocycles. The normalized spacial score (nSPS) is 22.1. The predicted molar refractivity (Wildman–Crippen MR) is 106 cm³/mol. The maximum atomic E-state index is 13.0. The van der Waals surface area contributed by atoms with Crippen LogP contribution in [-0.2, 0) is 4.79 Å². The molecule has 1 unspecified atom stereocenters. The minimum Gasteiger partial charge on any atom is -0.496 e. The van der Waals surface area contributed by atoms with E-state index in [1.165, 1.54) is 0 Å². The van der Waals surface area contributed by atoms with Gasteiger partial charge in [0, 0.05) is 31.0 Å². The summed E-state index contributed by atoms with van der Waals surface area (Å²) in [7, 11) is 1.59. The number of methoxy groups -OCH3 is 1. The van der Waals surface area contributed by atoms with Gasteiger partial charge in [-0.25, -0.2) is 0 Å². The molecule has 148 valence electrons. The number of carbonyl (C=O) groups is 2. The highest BCUT2D eigenvalue weighted by molar-refractivity contribution is 6.00. The van der Waals surface area contributed by atoms with Crippen LogP contribution in [0, 0.1) is 11.8 Å². The van der Waals surface area contributed by atoms with Crippen LogP contribution in [0.5, 0.6) is 5.75 Å². The number of ketones is 1. The summed E-state index contributed by atoms with van der Waals surface area (Å²) in [5.41, 5.74) is 0.629. The Morgan fingerprint density at radius 1 is 1.04 bits per heavy atom. The second kappa shape index (κ2) is 8.87. The van der Waals surface area contributed by atoms with Crippen molar-refractivity contribution < 1.29 is 14.3 Å². The fourth-order valence-electron chi connectivity index (χ4n) is 4.38. The van der Waals surface area contributed by atoms with Gasteiger partial charge >= 0.3 is 0 Å². The van der Waals surface area contributed by atoms with Gasteiger partial charge in [-0.05, 0) is 64.8 Å². The first-order valence-electron chi connectivity index (χ1n) is 10.2. The van der Waals surface area contributed by atoms with E-state index < -0.39 is 0 Å². The van der Waals surface area contributed by atoms with Gasteiger partial charge in [0.25, 0.3) is 0 Å². The molecule has 1 atom stereocenters. The smallest absolute Gasteiger partial charge is 0.225 e. The van der Waals surface area contributed by atoms with Crippen LogP contribution in [-0.4, -0.2) is 60.8 Å². The van der Waals surface area contributed by atoms with Crippen molar-refractivity contribution in [3.63, 3.8) is 0 Å². The highest BCUT2D eigenvalue weighted by Crippen LogP contribution is 2.28. The summed E-state index contributed by atoms with van der Waals surface area (Å²) in [5.74, 6) is 0.942. The van der Waals surface area contributed by atoms with E-state index >= 15 is 0 Å². The van der Waals surface area contributed by atoms with Crippen LogP contribution in [0.1, 0.15) is 49.9 Å². The molecular formula is C22H32N2O3. The number of ether oxygens (including phenoxy) is 1. The fourth-order valence-corrected chi connectivity index (χ4v) is 4.38. The van der Waals surface area contributed by atoms with Crippen LogP contribution in [0.15, 0.2) is 24.3 Å². The monoisotopic (exact) mass is 372 g/mol. The molecule has 0 spiro atoms. The number of amides is 1. The van der Waals surface area contributed by atoms with Gasteiger partial charge in [0.2, 0.25) is 5.91 Å². The van der Waals surface area contributed by atoms with E-state index in [9.17, 15) is 9.59 Å². The lowest BCUT2D eigenvalue weighted by Gasteiger charge is -2.38. The zero-order valence-corrected chi connectivity index (χ0v) is 16.8. The number of piperidine rings is 2. The summed E-state index contributed by atoms with van der Waals surface area (Å²) in [4.78, 5) is 30.4. The lowest BCUT2D eigenvalue weighted by molar-refractivity contribution is -0.138. The van der Waals surface area contributed by atoms with E-state index in [0.717, 1.165) is 45.3 Å². The third kappa shape index (κ3) is 4.52. The molecule has 5 nitrogen and oxygen atoms in total. The number of hydrogen-bond acceptors (Lipinski definition) is 4. The summed E-state index contributed by atoms with van der Waals surface area (Å²) in [5, 5.41) is 0. The molecule has 0 radical (unpaired) electrons. The number of nitrogens with zero attached hydrogens (tertiary/aromatic N) is 2. The topological polar surface area (TPSA) is 49.9 Å². The van der Waals surface area contributed by atoms with E-state index in [4.69, 9.17) is 4.74 Å². The maximum absolute atomic E-state index is 13.0. The fraction of sp³-hybridized carbons (Fsp3) is 0.636. The molecule has 5 heteroatoms. The molecule has 2 aliphatic rings. The Hall–Kier alpha value is -1.88. The van der Waals surface area contributed by atoms with E-state index in [0.29, 0.717) is 23.9 Å². The van der Waals surface area contributed by atoms with Crippen LogP contribution < -0.4 is 4.74 Å². The number of rotatable bonds is 5. The van der Waals surface area contributed by atoms with E-state index in [-0.39, 0.29) is 23.5 Å². The molecule has 27 heavy (non-hydrogen) atoms. The molecule has 2 fully saturated rings. The molecule has 2 saturated heterocycles. The Morgan fingerprint density at radius 3 is 2.41 bits per heavy atom.